The molecule has 9 heteroatoms. The first-order chi connectivity index (χ1) is 16.9. The lowest BCUT2D eigenvalue weighted by molar-refractivity contribution is -0.151. The highest BCUT2D eigenvalue weighted by Gasteiger charge is 2.51. The van der Waals surface area contributed by atoms with E-state index in [1.165, 1.54) is 25.7 Å². The predicted molar refractivity (Wildman–Crippen MR) is 126 cm³/mol. The van der Waals surface area contributed by atoms with Gasteiger partial charge in [-0.15, -0.1) is 0 Å². The summed E-state index contributed by atoms with van der Waals surface area (Å²) in [6.45, 7) is 7.58. The van der Waals surface area contributed by atoms with Crippen molar-refractivity contribution in [1.29, 1.82) is 0 Å². The van der Waals surface area contributed by atoms with Gasteiger partial charge in [0.1, 0.15) is 17.6 Å². The molecule has 1 aliphatic carbocycles. The third kappa shape index (κ3) is 4.25. The molecule has 2 aromatic rings. The molecule has 1 aliphatic heterocycles. The van der Waals surface area contributed by atoms with Crippen LogP contribution in [0.3, 0.4) is 0 Å². The fourth-order valence-electron chi connectivity index (χ4n) is 5.80. The first-order valence-corrected chi connectivity index (χ1v) is 12.0. The van der Waals surface area contributed by atoms with Crippen molar-refractivity contribution in [2.24, 2.45) is 16.7 Å². The Labute approximate surface area is 209 Å². The van der Waals surface area contributed by atoms with Crippen LogP contribution in [0.4, 0.5) is 0 Å². The van der Waals surface area contributed by atoms with Crippen molar-refractivity contribution in [1.82, 2.24) is 0 Å². The summed E-state index contributed by atoms with van der Waals surface area (Å²) >= 11 is 0. The molecule has 4 rings (SSSR count). The van der Waals surface area contributed by atoms with Crippen molar-refractivity contribution in [2.75, 3.05) is 7.11 Å². The Morgan fingerprint density at radius 3 is 2.56 bits per heavy atom. The van der Waals surface area contributed by atoms with Gasteiger partial charge in [-0.05, 0) is 29.9 Å². The lowest BCUT2D eigenvalue weighted by Gasteiger charge is -2.44. The fraction of sp³-hybridized carbons (Fsp3) is 0.519. The number of rotatable bonds is 7. The second-order valence-corrected chi connectivity index (χ2v) is 10.6. The molecule has 0 fully saturated rings. The highest BCUT2D eigenvalue weighted by molar-refractivity contribution is 5.94. The molecule has 2 aliphatic rings. The fourth-order valence-corrected chi connectivity index (χ4v) is 5.80. The van der Waals surface area contributed by atoms with E-state index in [0.717, 1.165) is 0 Å². The summed E-state index contributed by atoms with van der Waals surface area (Å²) in [6.07, 6.45) is 2.66. The van der Waals surface area contributed by atoms with E-state index in [-0.39, 0.29) is 37.1 Å². The minimum Gasteiger partial charge on any atom is -0.481 e. The number of carboxylic acid groups (broad SMARTS) is 1. The SMILES string of the molecule is COC(=O)CC1C(C)c2oc(C3=CC(=O)OC(c4ccoc4)C3(C)CCC(=O)O)cc2C(O)C1(C)C. The van der Waals surface area contributed by atoms with Gasteiger partial charge in [-0.1, -0.05) is 27.7 Å². The Morgan fingerprint density at radius 2 is 1.94 bits per heavy atom. The molecule has 3 heterocycles. The predicted octanol–water partition coefficient (Wildman–Crippen LogP) is 4.78. The highest BCUT2D eigenvalue weighted by Crippen LogP contribution is 2.58. The molecular formula is C27H32O9. The number of carboxylic acids is 1. The number of cyclic esters (lactones) is 1. The topological polar surface area (TPSA) is 136 Å². The van der Waals surface area contributed by atoms with Gasteiger partial charge in [-0.25, -0.2) is 4.79 Å². The van der Waals surface area contributed by atoms with E-state index in [0.29, 0.717) is 28.2 Å². The van der Waals surface area contributed by atoms with E-state index in [2.05, 4.69) is 0 Å². The van der Waals surface area contributed by atoms with Gasteiger partial charge in [0.15, 0.2) is 0 Å². The molecule has 2 N–H and O–H groups in total. The first-order valence-electron chi connectivity index (χ1n) is 12.0. The van der Waals surface area contributed by atoms with E-state index < -0.39 is 35.0 Å². The molecule has 5 unspecified atom stereocenters. The van der Waals surface area contributed by atoms with Gasteiger partial charge in [0.25, 0.3) is 0 Å². The second kappa shape index (κ2) is 9.28. The summed E-state index contributed by atoms with van der Waals surface area (Å²) in [5.41, 5.74) is 0.0660. The zero-order chi connectivity index (χ0) is 26.4. The van der Waals surface area contributed by atoms with Crippen LogP contribution < -0.4 is 0 Å². The number of fused-ring (bicyclic) bond motifs is 1. The molecule has 0 spiro atoms. The molecule has 0 amide bonds. The number of furan rings is 2. The summed E-state index contributed by atoms with van der Waals surface area (Å²) in [4.78, 5) is 36.3. The van der Waals surface area contributed by atoms with Crippen LogP contribution in [0.1, 0.15) is 87.7 Å². The number of methoxy groups -OCH3 is 1. The Bertz CT molecular complexity index is 1190. The van der Waals surface area contributed by atoms with Crippen LogP contribution in [0.5, 0.6) is 0 Å². The molecule has 5 atom stereocenters. The lowest BCUT2D eigenvalue weighted by atomic mass is 9.61. The Balaban J connectivity index is 1.81. The largest absolute Gasteiger partial charge is 0.481 e. The van der Waals surface area contributed by atoms with Crippen LogP contribution in [-0.4, -0.2) is 35.2 Å². The van der Waals surface area contributed by atoms with Gasteiger partial charge in [0.05, 0.1) is 25.7 Å². The molecule has 0 bridgehead atoms. The van der Waals surface area contributed by atoms with E-state index in [1.807, 2.05) is 27.7 Å². The second-order valence-electron chi connectivity index (χ2n) is 10.6. The summed E-state index contributed by atoms with van der Waals surface area (Å²) in [5.74, 6) is -1.52. The van der Waals surface area contributed by atoms with E-state index in [4.69, 9.17) is 18.3 Å². The summed E-state index contributed by atoms with van der Waals surface area (Å²) in [5, 5.41) is 20.7. The molecule has 0 radical (unpaired) electrons. The van der Waals surface area contributed by atoms with Crippen molar-refractivity contribution in [3.05, 3.63) is 53.4 Å². The smallest absolute Gasteiger partial charge is 0.331 e. The number of carbonyl (C=O) groups excluding carboxylic acids is 2. The summed E-state index contributed by atoms with van der Waals surface area (Å²) < 4.78 is 22.1. The van der Waals surface area contributed by atoms with Crippen LogP contribution in [0.2, 0.25) is 0 Å². The van der Waals surface area contributed by atoms with Crippen molar-refractivity contribution < 1.29 is 42.9 Å². The maximum atomic E-state index is 12.7. The van der Waals surface area contributed by atoms with Crippen LogP contribution in [0, 0.1) is 16.7 Å². The molecule has 0 aromatic carbocycles. The highest BCUT2D eigenvalue weighted by atomic mass is 16.5. The number of esters is 2. The van der Waals surface area contributed by atoms with E-state index in [9.17, 15) is 24.6 Å². The molecular weight excluding hydrogens is 468 g/mol. The lowest BCUT2D eigenvalue weighted by Crippen LogP contribution is -2.39. The number of hydrogen-bond donors (Lipinski definition) is 2. The van der Waals surface area contributed by atoms with Gasteiger partial charge in [0, 0.05) is 47.0 Å². The molecule has 194 valence electrons. The van der Waals surface area contributed by atoms with Gasteiger partial charge in [-0.3, -0.25) is 9.59 Å². The van der Waals surface area contributed by atoms with Crippen LogP contribution in [-0.2, 0) is 23.9 Å². The minimum absolute atomic E-state index is 0.116. The van der Waals surface area contributed by atoms with Crippen molar-refractivity contribution in [3.8, 4) is 0 Å². The van der Waals surface area contributed by atoms with Gasteiger partial charge >= 0.3 is 17.9 Å². The normalized spacial score (nSPS) is 29.2. The number of aliphatic hydroxyl groups excluding tert-OH is 1. The molecule has 2 aromatic heterocycles. The number of ether oxygens (including phenoxy) is 2. The number of aliphatic hydroxyl groups is 1. The monoisotopic (exact) mass is 500 g/mol. The number of hydrogen-bond acceptors (Lipinski definition) is 8. The Kier molecular flexibility index (Phi) is 6.64. The van der Waals surface area contributed by atoms with E-state index >= 15 is 0 Å². The number of aliphatic carboxylic acids is 1. The zero-order valence-corrected chi connectivity index (χ0v) is 21.1. The maximum Gasteiger partial charge on any atom is 0.331 e. The Morgan fingerprint density at radius 1 is 1.22 bits per heavy atom. The average Bonchev–Trinajstić information content (AvgIpc) is 3.51. The third-order valence-electron chi connectivity index (χ3n) is 8.04. The maximum absolute atomic E-state index is 12.7. The average molecular weight is 501 g/mol. The molecule has 9 nitrogen and oxygen atoms in total. The standard InChI is InChI=1S/C27H32O9/c1-14-17(11-21(30)33-5)26(2,3)24(32)16-10-19(35-23(14)16)18-12-22(31)36-25(15-7-9-34-13-15)27(18,4)8-6-20(28)29/h7,9-10,12-14,17,24-25,32H,6,8,11H2,1-5H3,(H,28,29). The minimum atomic E-state index is -0.978. The quantitative estimate of drug-likeness (QED) is 0.515. The van der Waals surface area contributed by atoms with Gasteiger partial charge in [0.2, 0.25) is 0 Å². The third-order valence-corrected chi connectivity index (χ3v) is 8.04. The van der Waals surface area contributed by atoms with E-state index in [1.54, 1.807) is 12.1 Å². The van der Waals surface area contributed by atoms with Gasteiger partial charge in [-0.2, -0.15) is 0 Å². The van der Waals surface area contributed by atoms with Crippen LogP contribution in [0.25, 0.3) is 5.57 Å². The van der Waals surface area contributed by atoms with Crippen molar-refractivity contribution in [2.45, 2.75) is 65.1 Å². The molecule has 0 saturated heterocycles. The molecule has 0 saturated carbocycles. The zero-order valence-electron chi connectivity index (χ0n) is 21.1. The van der Waals surface area contributed by atoms with Crippen LogP contribution in [0.15, 0.2) is 39.6 Å². The summed E-state index contributed by atoms with van der Waals surface area (Å²) in [6, 6.07) is 3.40. The van der Waals surface area contributed by atoms with Crippen molar-refractivity contribution >= 4 is 23.5 Å². The van der Waals surface area contributed by atoms with Gasteiger partial charge < -0.3 is 28.5 Å². The Hall–Kier alpha value is -3.33. The van der Waals surface area contributed by atoms with Crippen LogP contribution >= 0.6 is 0 Å². The molecule has 36 heavy (non-hydrogen) atoms. The first kappa shape index (κ1) is 25.8. The number of carbonyl (C=O) groups is 3. The van der Waals surface area contributed by atoms with Crippen molar-refractivity contribution in [3.63, 3.8) is 0 Å². The summed E-state index contributed by atoms with van der Waals surface area (Å²) in [7, 11) is 1.33.